The summed E-state index contributed by atoms with van der Waals surface area (Å²) in [5.74, 6) is 1.37. The van der Waals surface area contributed by atoms with Gasteiger partial charge in [-0.3, -0.25) is 9.89 Å². The number of halogens is 2. The highest BCUT2D eigenvalue weighted by atomic mass is 19.3. The fraction of sp³-hybridized carbons (Fsp3) is 0.667. The molecule has 9 heteroatoms. The van der Waals surface area contributed by atoms with Crippen LogP contribution in [-0.4, -0.2) is 60.6 Å². The molecule has 2 bridgehead atoms. The molecule has 2 aliphatic carbocycles. The van der Waals surface area contributed by atoms with Crippen molar-refractivity contribution in [1.29, 1.82) is 0 Å². The van der Waals surface area contributed by atoms with Gasteiger partial charge in [0.1, 0.15) is 0 Å². The normalized spacial score (nSPS) is 29.2. The van der Waals surface area contributed by atoms with Crippen LogP contribution in [0.25, 0.3) is 5.70 Å². The molecule has 0 spiro atoms. The van der Waals surface area contributed by atoms with E-state index >= 15 is 0 Å². The first-order valence-electron chi connectivity index (χ1n) is 11.9. The van der Waals surface area contributed by atoms with E-state index in [4.69, 9.17) is 21.2 Å². The van der Waals surface area contributed by atoms with Crippen LogP contribution in [0.1, 0.15) is 45.1 Å². The highest BCUT2D eigenvalue weighted by Crippen LogP contribution is 2.48. The number of pyridine rings is 1. The molecule has 0 aromatic carbocycles. The van der Waals surface area contributed by atoms with Gasteiger partial charge in [-0.25, -0.2) is 4.98 Å². The lowest BCUT2D eigenvalue weighted by atomic mass is 9.74. The van der Waals surface area contributed by atoms with E-state index in [-0.39, 0.29) is 17.6 Å². The maximum absolute atomic E-state index is 12.7. The Bertz CT molecular complexity index is 872. The summed E-state index contributed by atoms with van der Waals surface area (Å²) in [5, 5.41) is 0. The number of nitrogens with two attached hydrogens (primary N) is 2. The number of rotatable bonds is 7. The minimum absolute atomic E-state index is 0.0964. The minimum Gasteiger partial charge on any atom is -0.431 e. The summed E-state index contributed by atoms with van der Waals surface area (Å²) in [7, 11) is 0. The maximum Gasteiger partial charge on any atom is 0.387 e. The van der Waals surface area contributed by atoms with Gasteiger partial charge in [0.25, 0.3) is 0 Å². The van der Waals surface area contributed by atoms with E-state index in [0.29, 0.717) is 35.1 Å². The van der Waals surface area contributed by atoms with Crippen LogP contribution in [-0.2, 0) is 4.74 Å². The first kappa shape index (κ1) is 23.9. The van der Waals surface area contributed by atoms with Crippen molar-refractivity contribution >= 4 is 17.2 Å². The molecule has 2 saturated carbocycles. The second-order valence-corrected chi connectivity index (χ2v) is 9.64. The van der Waals surface area contributed by atoms with Crippen LogP contribution in [0.3, 0.4) is 0 Å². The highest BCUT2D eigenvalue weighted by Gasteiger charge is 2.46. The van der Waals surface area contributed by atoms with Gasteiger partial charge >= 0.3 is 6.61 Å². The molecule has 33 heavy (non-hydrogen) atoms. The van der Waals surface area contributed by atoms with Crippen molar-refractivity contribution in [2.24, 2.45) is 28.5 Å². The van der Waals surface area contributed by atoms with Gasteiger partial charge in [-0.05, 0) is 63.5 Å². The lowest BCUT2D eigenvalue weighted by Crippen LogP contribution is -2.50. The van der Waals surface area contributed by atoms with Gasteiger partial charge in [0, 0.05) is 54.3 Å². The number of alkyl halides is 2. The molecule has 1 aromatic heterocycles. The lowest BCUT2D eigenvalue weighted by molar-refractivity contribution is -0.0495. The number of allylic oxidation sites excluding steroid dienone is 1. The van der Waals surface area contributed by atoms with E-state index in [9.17, 15) is 8.78 Å². The van der Waals surface area contributed by atoms with Gasteiger partial charge in [0.2, 0.25) is 0 Å². The number of morpholine rings is 1. The van der Waals surface area contributed by atoms with Crippen LogP contribution in [0.4, 0.5) is 14.6 Å². The zero-order chi connectivity index (χ0) is 23.5. The van der Waals surface area contributed by atoms with Crippen molar-refractivity contribution in [1.82, 2.24) is 9.88 Å². The number of nitrogen functional groups attached to an aromatic ring is 1. The maximum atomic E-state index is 12.7. The van der Waals surface area contributed by atoms with Gasteiger partial charge < -0.3 is 20.9 Å². The molecule has 2 unspecified atom stereocenters. The van der Waals surface area contributed by atoms with Gasteiger partial charge in [-0.2, -0.15) is 8.78 Å². The summed E-state index contributed by atoms with van der Waals surface area (Å²) in [5.41, 5.74) is 13.9. The first-order chi connectivity index (χ1) is 15.8. The summed E-state index contributed by atoms with van der Waals surface area (Å²) in [4.78, 5) is 11.5. The number of hydrogen-bond donors (Lipinski definition) is 2. The van der Waals surface area contributed by atoms with Crippen molar-refractivity contribution < 1.29 is 18.3 Å². The standard InChI is InChI=1S/C24H35F2N5O2/c1-14(2)30-20(12-19(27)18-11-21(33-24(25)26)23(28)29-13-18)17-9-15-3-4-16(10-17)22(15)31-5-7-32-8-6-31/h11-17,22,24H,3-10,27H2,1-2H3,(H2,28,29). The summed E-state index contributed by atoms with van der Waals surface area (Å²) >= 11 is 0. The number of fused-ring (bicyclic) bond motifs is 2. The van der Waals surface area contributed by atoms with Crippen molar-refractivity contribution in [3.63, 3.8) is 0 Å². The van der Waals surface area contributed by atoms with Crippen molar-refractivity contribution in [2.75, 3.05) is 32.0 Å². The largest absolute Gasteiger partial charge is 0.431 e. The minimum atomic E-state index is -2.98. The van der Waals surface area contributed by atoms with Crippen LogP contribution in [0.15, 0.2) is 23.3 Å². The van der Waals surface area contributed by atoms with Crippen molar-refractivity contribution in [3.8, 4) is 5.75 Å². The SMILES string of the molecule is CC(C)N=C(C=C(N)c1cnc(N)c(OC(F)F)c1)C1CC2CCC(C1)C2N1CCOCC1. The van der Waals surface area contributed by atoms with Gasteiger partial charge in [-0.1, -0.05) is 0 Å². The fourth-order valence-corrected chi connectivity index (χ4v) is 5.81. The molecule has 4 rings (SSSR count). The molecule has 2 atom stereocenters. The molecular weight excluding hydrogens is 428 g/mol. The third-order valence-electron chi connectivity index (χ3n) is 7.08. The Morgan fingerprint density at radius 2 is 1.91 bits per heavy atom. The van der Waals surface area contributed by atoms with E-state index in [1.54, 1.807) is 0 Å². The zero-order valence-corrected chi connectivity index (χ0v) is 19.4. The number of nitrogens with zero attached hydrogens (tertiary/aromatic N) is 3. The third-order valence-corrected chi connectivity index (χ3v) is 7.08. The monoisotopic (exact) mass is 463 g/mol. The van der Waals surface area contributed by atoms with E-state index in [2.05, 4.69) is 28.5 Å². The summed E-state index contributed by atoms with van der Waals surface area (Å²) in [6.45, 7) is 4.82. The van der Waals surface area contributed by atoms with E-state index in [1.165, 1.54) is 25.1 Å². The lowest BCUT2D eigenvalue weighted by Gasteiger charge is -2.43. The fourth-order valence-electron chi connectivity index (χ4n) is 5.81. The summed E-state index contributed by atoms with van der Waals surface area (Å²) < 4.78 is 35.4. The summed E-state index contributed by atoms with van der Waals surface area (Å²) in [6, 6.07) is 2.18. The van der Waals surface area contributed by atoms with E-state index in [0.717, 1.165) is 44.9 Å². The van der Waals surface area contributed by atoms with Gasteiger partial charge in [0.05, 0.1) is 13.2 Å². The quantitative estimate of drug-likeness (QED) is 0.600. The van der Waals surface area contributed by atoms with Crippen LogP contribution < -0.4 is 16.2 Å². The van der Waals surface area contributed by atoms with E-state index < -0.39 is 6.61 Å². The average Bonchev–Trinajstić information content (AvgIpc) is 3.04. The molecule has 1 aliphatic heterocycles. The van der Waals surface area contributed by atoms with Crippen molar-refractivity contribution in [3.05, 3.63) is 23.9 Å². The summed E-state index contributed by atoms with van der Waals surface area (Å²) in [6.07, 6.45) is 8.06. The molecule has 7 nitrogen and oxygen atoms in total. The molecule has 1 saturated heterocycles. The molecule has 3 fully saturated rings. The Balaban J connectivity index is 1.54. The highest BCUT2D eigenvalue weighted by molar-refractivity contribution is 6.02. The second-order valence-electron chi connectivity index (χ2n) is 9.64. The molecule has 0 radical (unpaired) electrons. The van der Waals surface area contributed by atoms with Crippen LogP contribution in [0.2, 0.25) is 0 Å². The topological polar surface area (TPSA) is 99.0 Å². The van der Waals surface area contributed by atoms with E-state index in [1.807, 2.05) is 6.08 Å². The molecule has 3 aliphatic rings. The molecule has 182 valence electrons. The molecule has 0 amide bonds. The Hall–Kier alpha value is -2.26. The Kier molecular flexibility index (Phi) is 7.48. The molecular formula is C24H35F2N5O2. The molecule has 4 N–H and O–H groups in total. The van der Waals surface area contributed by atoms with Crippen LogP contribution >= 0.6 is 0 Å². The number of ether oxygens (including phenoxy) is 2. The Morgan fingerprint density at radius 1 is 1.24 bits per heavy atom. The molecule has 1 aromatic rings. The van der Waals surface area contributed by atoms with Crippen molar-refractivity contribution in [2.45, 2.75) is 58.2 Å². The average molecular weight is 464 g/mol. The van der Waals surface area contributed by atoms with Crippen LogP contribution in [0.5, 0.6) is 5.75 Å². The van der Waals surface area contributed by atoms with Crippen LogP contribution in [0, 0.1) is 17.8 Å². The zero-order valence-electron chi connectivity index (χ0n) is 19.4. The first-order valence-corrected chi connectivity index (χ1v) is 11.9. The third kappa shape index (κ3) is 5.63. The number of anilines is 1. The predicted molar refractivity (Wildman–Crippen MR) is 125 cm³/mol. The number of aliphatic imine (C=N–C) groups is 1. The number of hydrogen-bond acceptors (Lipinski definition) is 7. The smallest absolute Gasteiger partial charge is 0.387 e. The van der Waals surface area contributed by atoms with Gasteiger partial charge in [-0.15, -0.1) is 0 Å². The predicted octanol–water partition coefficient (Wildman–Crippen LogP) is 3.55. The van der Waals surface area contributed by atoms with Gasteiger partial charge in [0.15, 0.2) is 11.6 Å². The molecule has 2 heterocycles. The second kappa shape index (κ2) is 10.3. The number of aromatic nitrogens is 1. The Morgan fingerprint density at radius 3 is 2.52 bits per heavy atom. The Labute approximate surface area is 194 Å².